The second-order valence-corrected chi connectivity index (χ2v) is 6.38. The van der Waals surface area contributed by atoms with Crippen LogP contribution in [0, 0.1) is 0 Å². The third-order valence-electron chi connectivity index (χ3n) is 4.40. The third-order valence-corrected chi connectivity index (χ3v) is 4.40. The van der Waals surface area contributed by atoms with E-state index in [0.717, 1.165) is 24.1 Å². The first-order valence-electron chi connectivity index (χ1n) is 9.01. The second-order valence-electron chi connectivity index (χ2n) is 6.38. The highest BCUT2D eigenvalue weighted by atomic mass is 16.5. The zero-order valence-corrected chi connectivity index (χ0v) is 15.0. The monoisotopic (exact) mass is 366 g/mol. The van der Waals surface area contributed by atoms with Crippen LogP contribution >= 0.6 is 0 Å². The summed E-state index contributed by atoms with van der Waals surface area (Å²) in [5, 5.41) is 2.55. The molecular formula is C21H22N2O4. The Morgan fingerprint density at radius 1 is 1.00 bits per heavy atom. The number of hydrogen-bond donors (Lipinski definition) is 1. The van der Waals surface area contributed by atoms with Gasteiger partial charge in [0.05, 0.1) is 0 Å². The maximum atomic E-state index is 12.2. The smallest absolute Gasteiger partial charge is 0.325 e. The summed E-state index contributed by atoms with van der Waals surface area (Å²) in [5.74, 6) is -0.745. The molecule has 6 heteroatoms. The van der Waals surface area contributed by atoms with Crippen molar-refractivity contribution in [1.82, 2.24) is 5.32 Å². The van der Waals surface area contributed by atoms with E-state index in [0.29, 0.717) is 18.5 Å². The molecule has 6 nitrogen and oxygen atoms in total. The second kappa shape index (κ2) is 8.98. The van der Waals surface area contributed by atoms with Crippen molar-refractivity contribution in [1.29, 1.82) is 0 Å². The molecule has 2 amide bonds. The van der Waals surface area contributed by atoms with Gasteiger partial charge in [0.25, 0.3) is 5.91 Å². The van der Waals surface area contributed by atoms with E-state index in [4.69, 9.17) is 4.74 Å². The molecule has 140 valence electrons. The lowest BCUT2D eigenvalue weighted by Gasteiger charge is -2.26. The topological polar surface area (TPSA) is 75.7 Å². The minimum Gasteiger partial charge on any atom is -0.460 e. The normalized spacial score (nSPS) is 13.9. The van der Waals surface area contributed by atoms with Crippen molar-refractivity contribution in [2.45, 2.75) is 25.9 Å². The van der Waals surface area contributed by atoms with Gasteiger partial charge in [0.2, 0.25) is 5.91 Å². The number of nitrogens with one attached hydrogen (secondary N) is 1. The van der Waals surface area contributed by atoms with Gasteiger partial charge in [-0.3, -0.25) is 14.4 Å². The molecule has 1 aliphatic heterocycles. The Balaban J connectivity index is 1.47. The molecule has 1 saturated heterocycles. The van der Waals surface area contributed by atoms with Gasteiger partial charge in [-0.2, -0.15) is 0 Å². The molecule has 27 heavy (non-hydrogen) atoms. The Morgan fingerprint density at radius 3 is 2.44 bits per heavy atom. The molecule has 0 unspecified atom stereocenters. The largest absolute Gasteiger partial charge is 0.460 e. The number of esters is 1. The number of rotatable bonds is 6. The minimum atomic E-state index is -0.497. The molecule has 0 aliphatic carbocycles. The number of nitrogens with zero attached hydrogens (tertiary/aromatic N) is 1. The van der Waals surface area contributed by atoms with Crippen molar-refractivity contribution in [2.75, 3.05) is 18.0 Å². The quantitative estimate of drug-likeness (QED) is 0.798. The lowest BCUT2D eigenvalue weighted by molar-refractivity contribution is -0.143. The van der Waals surface area contributed by atoms with Crippen molar-refractivity contribution >= 4 is 23.5 Å². The van der Waals surface area contributed by atoms with Gasteiger partial charge in [0.15, 0.2) is 0 Å². The van der Waals surface area contributed by atoms with Crippen LogP contribution in [0.3, 0.4) is 0 Å². The Morgan fingerprint density at radius 2 is 1.74 bits per heavy atom. The molecular weight excluding hydrogens is 344 g/mol. The average Bonchev–Trinajstić information content (AvgIpc) is 2.72. The molecule has 1 N–H and O–H groups in total. The van der Waals surface area contributed by atoms with Crippen LogP contribution in [0.5, 0.6) is 0 Å². The molecule has 1 aliphatic rings. The number of benzene rings is 2. The van der Waals surface area contributed by atoms with Crippen LogP contribution in [0.4, 0.5) is 5.69 Å². The molecule has 3 rings (SSSR count). The van der Waals surface area contributed by atoms with Crippen LogP contribution in [0.2, 0.25) is 0 Å². The molecule has 2 aromatic rings. The lowest BCUT2D eigenvalue weighted by Crippen LogP contribution is -2.35. The molecule has 0 aromatic heterocycles. The average molecular weight is 366 g/mol. The Hall–Kier alpha value is -3.15. The maximum Gasteiger partial charge on any atom is 0.325 e. The van der Waals surface area contributed by atoms with E-state index in [2.05, 4.69) is 5.32 Å². The van der Waals surface area contributed by atoms with Crippen molar-refractivity contribution in [3.8, 4) is 0 Å². The van der Waals surface area contributed by atoms with E-state index in [1.54, 1.807) is 29.2 Å². The number of carbonyl (C=O) groups is 3. The van der Waals surface area contributed by atoms with E-state index >= 15 is 0 Å². The Labute approximate surface area is 158 Å². The van der Waals surface area contributed by atoms with Gasteiger partial charge >= 0.3 is 5.97 Å². The molecule has 0 spiro atoms. The molecule has 0 atom stereocenters. The van der Waals surface area contributed by atoms with Gasteiger partial charge in [0, 0.05) is 24.2 Å². The maximum absolute atomic E-state index is 12.2. The molecule has 0 radical (unpaired) electrons. The first-order chi connectivity index (χ1) is 13.1. The fourth-order valence-corrected chi connectivity index (χ4v) is 2.92. The van der Waals surface area contributed by atoms with Gasteiger partial charge in [0.1, 0.15) is 13.2 Å². The number of carbonyl (C=O) groups excluding carboxylic acids is 3. The first-order valence-corrected chi connectivity index (χ1v) is 9.01. The summed E-state index contributed by atoms with van der Waals surface area (Å²) in [7, 11) is 0. The molecule has 2 aromatic carbocycles. The molecule has 0 bridgehead atoms. The fraction of sp³-hybridized carbons (Fsp3) is 0.286. The van der Waals surface area contributed by atoms with Crippen molar-refractivity contribution in [3.05, 3.63) is 65.7 Å². The summed E-state index contributed by atoms with van der Waals surface area (Å²) in [6.07, 6.45) is 2.47. The Bertz CT molecular complexity index is 803. The lowest BCUT2D eigenvalue weighted by atomic mass is 10.1. The highest BCUT2D eigenvalue weighted by molar-refractivity contribution is 5.97. The molecule has 0 saturated carbocycles. The number of piperidine rings is 1. The zero-order valence-electron chi connectivity index (χ0n) is 15.0. The third kappa shape index (κ3) is 5.17. The number of ether oxygens (including phenoxy) is 1. The number of hydrogen-bond acceptors (Lipinski definition) is 4. The molecule has 1 heterocycles. The molecule has 1 fully saturated rings. The Kier molecular flexibility index (Phi) is 6.20. The highest BCUT2D eigenvalue weighted by Crippen LogP contribution is 2.21. The number of amides is 2. The summed E-state index contributed by atoms with van der Waals surface area (Å²) in [5.41, 5.74) is 2.11. The van der Waals surface area contributed by atoms with Gasteiger partial charge in [-0.1, -0.05) is 30.3 Å². The number of anilines is 1. The van der Waals surface area contributed by atoms with Crippen LogP contribution in [0.1, 0.15) is 35.2 Å². The minimum absolute atomic E-state index is 0.111. The van der Waals surface area contributed by atoms with E-state index in [1.807, 2.05) is 30.3 Å². The SMILES string of the molecule is O=C(CNC(=O)c1ccc(N2CCCCC2=O)cc1)OCc1ccccc1. The zero-order chi connectivity index (χ0) is 19.1. The van der Waals surface area contributed by atoms with Crippen molar-refractivity contribution < 1.29 is 19.1 Å². The van der Waals surface area contributed by atoms with E-state index in [-0.39, 0.29) is 25.0 Å². The summed E-state index contributed by atoms with van der Waals surface area (Å²) in [6.45, 7) is 0.684. The standard InChI is InChI=1S/C21H22N2O4/c24-19-8-4-5-13-23(19)18-11-9-17(10-12-18)21(26)22-14-20(25)27-15-16-6-2-1-3-7-16/h1-3,6-7,9-12H,4-5,8,13-15H2,(H,22,26). The van der Waals surface area contributed by atoms with Gasteiger partial charge in [-0.15, -0.1) is 0 Å². The summed E-state index contributed by atoms with van der Waals surface area (Å²) in [6, 6.07) is 16.2. The van der Waals surface area contributed by atoms with Crippen LogP contribution in [-0.4, -0.2) is 30.9 Å². The van der Waals surface area contributed by atoms with Gasteiger partial charge in [-0.25, -0.2) is 0 Å². The van der Waals surface area contributed by atoms with Gasteiger partial charge in [-0.05, 0) is 42.7 Å². The summed E-state index contributed by atoms with van der Waals surface area (Å²) in [4.78, 5) is 37.6. The van der Waals surface area contributed by atoms with Gasteiger partial charge < -0.3 is 15.0 Å². The fourth-order valence-electron chi connectivity index (χ4n) is 2.92. The van der Waals surface area contributed by atoms with Crippen LogP contribution in [0.25, 0.3) is 0 Å². The first kappa shape index (κ1) is 18.6. The predicted octanol–water partition coefficient (Wildman–Crippen LogP) is 2.68. The van der Waals surface area contributed by atoms with Crippen LogP contribution in [0.15, 0.2) is 54.6 Å². The van der Waals surface area contributed by atoms with Crippen LogP contribution < -0.4 is 10.2 Å². The van der Waals surface area contributed by atoms with E-state index in [9.17, 15) is 14.4 Å². The van der Waals surface area contributed by atoms with E-state index in [1.165, 1.54) is 0 Å². The van der Waals surface area contributed by atoms with Crippen LogP contribution in [-0.2, 0) is 20.9 Å². The highest BCUT2D eigenvalue weighted by Gasteiger charge is 2.19. The summed E-state index contributed by atoms with van der Waals surface area (Å²) >= 11 is 0. The summed E-state index contributed by atoms with van der Waals surface area (Å²) < 4.78 is 5.13. The van der Waals surface area contributed by atoms with E-state index < -0.39 is 5.97 Å². The predicted molar refractivity (Wildman–Crippen MR) is 101 cm³/mol. The van der Waals surface area contributed by atoms with Crippen molar-refractivity contribution in [3.63, 3.8) is 0 Å². The van der Waals surface area contributed by atoms with Crippen molar-refractivity contribution in [2.24, 2.45) is 0 Å².